The van der Waals surface area contributed by atoms with Crippen molar-refractivity contribution in [1.29, 1.82) is 0 Å². The number of benzene rings is 1. The van der Waals surface area contributed by atoms with Crippen LogP contribution in [0.5, 0.6) is 5.75 Å². The number of nitrogen functional groups attached to an aromatic ring is 1. The van der Waals surface area contributed by atoms with Gasteiger partial charge in [-0.1, -0.05) is 18.2 Å². The molecule has 0 atom stereocenters. The van der Waals surface area contributed by atoms with E-state index < -0.39 is 0 Å². The Hall–Kier alpha value is -2.49. The Kier molecular flexibility index (Phi) is 2.63. The lowest BCUT2D eigenvalue weighted by atomic mass is 10.0. The fourth-order valence-corrected chi connectivity index (χ4v) is 2.37. The van der Waals surface area contributed by atoms with E-state index in [4.69, 9.17) is 10.5 Å². The number of aromatic nitrogens is 2. The van der Waals surface area contributed by atoms with Crippen molar-refractivity contribution in [3.63, 3.8) is 0 Å². The van der Waals surface area contributed by atoms with Crippen LogP contribution in [0.15, 0.2) is 36.5 Å². The number of nitrogens with two attached hydrogens (primary N) is 1. The molecular formula is C15H15N3O. The molecule has 96 valence electrons. The van der Waals surface area contributed by atoms with Gasteiger partial charge in [0.2, 0.25) is 0 Å². The SMILES string of the molecule is COc1ccccc1-c1cc(C)nc2[nH]cc(N)c12. The predicted octanol–water partition coefficient (Wildman–Crippen LogP) is 3.13. The molecule has 0 fully saturated rings. The average Bonchev–Trinajstić information content (AvgIpc) is 2.79. The normalized spacial score (nSPS) is 10.8. The van der Waals surface area contributed by atoms with Crippen LogP contribution in [0.4, 0.5) is 5.69 Å². The minimum atomic E-state index is 0.698. The van der Waals surface area contributed by atoms with Crippen LogP contribution in [-0.4, -0.2) is 17.1 Å². The summed E-state index contributed by atoms with van der Waals surface area (Å²) >= 11 is 0. The number of rotatable bonds is 2. The van der Waals surface area contributed by atoms with Crippen molar-refractivity contribution in [2.75, 3.05) is 12.8 Å². The lowest BCUT2D eigenvalue weighted by Crippen LogP contribution is -1.92. The second-order valence-electron chi connectivity index (χ2n) is 4.48. The van der Waals surface area contributed by atoms with Gasteiger partial charge in [0, 0.05) is 28.4 Å². The quantitative estimate of drug-likeness (QED) is 0.737. The number of nitrogens with zero attached hydrogens (tertiary/aromatic N) is 1. The molecule has 2 aromatic heterocycles. The van der Waals surface area contributed by atoms with E-state index in [1.807, 2.05) is 37.3 Å². The molecule has 0 spiro atoms. The molecule has 0 saturated carbocycles. The number of aromatic amines is 1. The zero-order valence-electron chi connectivity index (χ0n) is 10.9. The molecule has 0 aliphatic rings. The van der Waals surface area contributed by atoms with Gasteiger partial charge in [0.25, 0.3) is 0 Å². The van der Waals surface area contributed by atoms with E-state index in [0.717, 1.165) is 33.6 Å². The molecule has 0 aliphatic heterocycles. The molecule has 1 aromatic carbocycles. The van der Waals surface area contributed by atoms with Gasteiger partial charge in [0.05, 0.1) is 12.8 Å². The fourth-order valence-electron chi connectivity index (χ4n) is 2.37. The van der Waals surface area contributed by atoms with E-state index in [1.165, 1.54) is 0 Å². The standard InChI is InChI=1S/C15H15N3O/c1-9-7-11(10-5-3-4-6-13(10)19-2)14-12(16)8-17-15(14)18-9/h3-8H,16H2,1-2H3,(H,17,18). The molecule has 0 bridgehead atoms. The van der Waals surface area contributed by atoms with Crippen LogP contribution in [0.2, 0.25) is 0 Å². The molecule has 0 radical (unpaired) electrons. The van der Waals surface area contributed by atoms with Crippen LogP contribution < -0.4 is 10.5 Å². The number of nitrogens with one attached hydrogen (secondary N) is 1. The lowest BCUT2D eigenvalue weighted by molar-refractivity contribution is 0.416. The predicted molar refractivity (Wildman–Crippen MR) is 77.2 cm³/mol. The number of para-hydroxylation sites is 1. The number of hydrogen-bond donors (Lipinski definition) is 2. The van der Waals surface area contributed by atoms with Gasteiger partial charge in [-0.05, 0) is 19.1 Å². The Bertz CT molecular complexity index is 746. The zero-order chi connectivity index (χ0) is 13.4. The second kappa shape index (κ2) is 4.31. The molecule has 2 heterocycles. The highest BCUT2D eigenvalue weighted by Gasteiger charge is 2.13. The van der Waals surface area contributed by atoms with Crippen LogP contribution in [0.1, 0.15) is 5.69 Å². The Labute approximate surface area is 111 Å². The van der Waals surface area contributed by atoms with Crippen LogP contribution in [0, 0.1) is 6.92 Å². The first-order valence-electron chi connectivity index (χ1n) is 6.08. The first-order valence-corrected chi connectivity index (χ1v) is 6.08. The van der Waals surface area contributed by atoms with E-state index in [-0.39, 0.29) is 0 Å². The molecule has 0 aliphatic carbocycles. The van der Waals surface area contributed by atoms with Gasteiger partial charge in [-0.25, -0.2) is 4.98 Å². The van der Waals surface area contributed by atoms with E-state index in [2.05, 4.69) is 9.97 Å². The van der Waals surface area contributed by atoms with Crippen molar-refractivity contribution < 1.29 is 4.74 Å². The van der Waals surface area contributed by atoms with E-state index in [9.17, 15) is 0 Å². The number of aryl methyl sites for hydroxylation is 1. The van der Waals surface area contributed by atoms with Crippen molar-refractivity contribution in [2.45, 2.75) is 6.92 Å². The maximum atomic E-state index is 6.04. The number of ether oxygens (including phenoxy) is 1. The van der Waals surface area contributed by atoms with Gasteiger partial charge in [-0.15, -0.1) is 0 Å². The summed E-state index contributed by atoms with van der Waals surface area (Å²) in [5, 5.41) is 0.940. The van der Waals surface area contributed by atoms with Gasteiger partial charge in [0.15, 0.2) is 0 Å². The highest BCUT2D eigenvalue weighted by atomic mass is 16.5. The van der Waals surface area contributed by atoms with Gasteiger partial charge < -0.3 is 15.5 Å². The third kappa shape index (κ3) is 1.81. The van der Waals surface area contributed by atoms with Crippen LogP contribution in [0.3, 0.4) is 0 Å². The number of pyridine rings is 1. The van der Waals surface area contributed by atoms with Crippen LogP contribution in [-0.2, 0) is 0 Å². The smallest absolute Gasteiger partial charge is 0.140 e. The lowest BCUT2D eigenvalue weighted by Gasteiger charge is -2.10. The maximum Gasteiger partial charge on any atom is 0.140 e. The first-order chi connectivity index (χ1) is 9.20. The molecule has 3 aromatic rings. The zero-order valence-corrected chi connectivity index (χ0v) is 10.9. The first kappa shape index (κ1) is 11.6. The van der Waals surface area contributed by atoms with Crippen molar-refractivity contribution in [2.24, 2.45) is 0 Å². The average molecular weight is 253 g/mol. The second-order valence-corrected chi connectivity index (χ2v) is 4.48. The monoisotopic (exact) mass is 253 g/mol. The number of hydrogen-bond acceptors (Lipinski definition) is 3. The Morgan fingerprint density at radius 3 is 2.79 bits per heavy atom. The number of H-pyrrole nitrogens is 1. The molecule has 19 heavy (non-hydrogen) atoms. The third-order valence-corrected chi connectivity index (χ3v) is 3.20. The molecule has 4 nitrogen and oxygen atoms in total. The maximum absolute atomic E-state index is 6.04. The topological polar surface area (TPSA) is 63.9 Å². The molecule has 0 amide bonds. The Balaban J connectivity index is 2.38. The third-order valence-electron chi connectivity index (χ3n) is 3.20. The van der Waals surface area contributed by atoms with E-state index in [1.54, 1.807) is 13.3 Å². The Morgan fingerprint density at radius 2 is 2.00 bits per heavy atom. The van der Waals surface area contributed by atoms with Gasteiger partial charge in [-0.2, -0.15) is 0 Å². The molecule has 3 N–H and O–H groups in total. The number of methoxy groups -OCH3 is 1. The van der Waals surface area contributed by atoms with Crippen LogP contribution >= 0.6 is 0 Å². The van der Waals surface area contributed by atoms with Gasteiger partial charge >= 0.3 is 0 Å². The van der Waals surface area contributed by atoms with Crippen LogP contribution in [0.25, 0.3) is 22.2 Å². The number of fused-ring (bicyclic) bond motifs is 1. The summed E-state index contributed by atoms with van der Waals surface area (Å²) in [6, 6.07) is 9.94. The summed E-state index contributed by atoms with van der Waals surface area (Å²) < 4.78 is 5.43. The van der Waals surface area contributed by atoms with E-state index >= 15 is 0 Å². The minimum absolute atomic E-state index is 0.698. The highest BCUT2D eigenvalue weighted by Crippen LogP contribution is 2.37. The summed E-state index contributed by atoms with van der Waals surface area (Å²) in [6.07, 6.45) is 1.77. The van der Waals surface area contributed by atoms with Crippen molar-refractivity contribution >= 4 is 16.7 Å². The Morgan fingerprint density at radius 1 is 1.21 bits per heavy atom. The van der Waals surface area contributed by atoms with Gasteiger partial charge in [0.1, 0.15) is 11.4 Å². The largest absolute Gasteiger partial charge is 0.496 e. The summed E-state index contributed by atoms with van der Waals surface area (Å²) in [6.45, 7) is 1.97. The fraction of sp³-hybridized carbons (Fsp3) is 0.133. The van der Waals surface area contributed by atoms with Gasteiger partial charge in [-0.3, -0.25) is 0 Å². The van der Waals surface area contributed by atoms with Crippen molar-refractivity contribution in [1.82, 2.24) is 9.97 Å². The summed E-state index contributed by atoms with van der Waals surface area (Å²) in [5.41, 5.74) is 10.5. The summed E-state index contributed by atoms with van der Waals surface area (Å²) in [7, 11) is 1.67. The molecule has 0 saturated heterocycles. The minimum Gasteiger partial charge on any atom is -0.496 e. The van der Waals surface area contributed by atoms with Crippen molar-refractivity contribution in [3.8, 4) is 16.9 Å². The van der Waals surface area contributed by atoms with Crippen molar-refractivity contribution in [3.05, 3.63) is 42.2 Å². The molecule has 0 unspecified atom stereocenters. The number of anilines is 1. The molecule has 3 rings (SSSR count). The summed E-state index contributed by atoms with van der Waals surface area (Å²) in [4.78, 5) is 7.56. The molecule has 4 heteroatoms. The van der Waals surface area contributed by atoms with E-state index in [0.29, 0.717) is 5.69 Å². The molecular weight excluding hydrogens is 238 g/mol. The highest BCUT2D eigenvalue weighted by molar-refractivity contribution is 6.02. The summed E-state index contributed by atoms with van der Waals surface area (Å²) in [5.74, 6) is 0.829.